The highest BCUT2D eigenvalue weighted by atomic mass is 16.2. The number of nitrogens with one attached hydrogen (secondary N) is 2. The summed E-state index contributed by atoms with van der Waals surface area (Å²) in [6, 6.07) is 8.35. The van der Waals surface area contributed by atoms with Gasteiger partial charge in [0.25, 0.3) is 11.5 Å². The van der Waals surface area contributed by atoms with Crippen LogP contribution in [0, 0.1) is 6.92 Å². The van der Waals surface area contributed by atoms with Gasteiger partial charge < -0.3 is 10.3 Å². The third kappa shape index (κ3) is 3.18. The molecule has 1 aromatic carbocycles. The van der Waals surface area contributed by atoms with E-state index < -0.39 is 0 Å². The molecular weight excluding hydrogens is 266 g/mol. The minimum absolute atomic E-state index is 0.163. The number of H-pyrrole nitrogens is 1. The van der Waals surface area contributed by atoms with Crippen LogP contribution in [0.1, 0.15) is 34.5 Å². The summed E-state index contributed by atoms with van der Waals surface area (Å²) in [5.41, 5.74) is 2.21. The Morgan fingerprint density at radius 3 is 2.62 bits per heavy atom. The fourth-order valence-electron chi connectivity index (χ4n) is 2.36. The maximum absolute atomic E-state index is 12.2. The number of aryl methyl sites for hydroxylation is 1. The van der Waals surface area contributed by atoms with E-state index in [-0.39, 0.29) is 22.7 Å². The van der Waals surface area contributed by atoms with Crippen LogP contribution >= 0.6 is 0 Å². The summed E-state index contributed by atoms with van der Waals surface area (Å²) < 4.78 is 0. The molecular formula is C16H17N3O2. The van der Waals surface area contributed by atoms with Gasteiger partial charge in [-0.2, -0.15) is 0 Å². The lowest BCUT2D eigenvalue weighted by Crippen LogP contribution is -2.39. The molecule has 1 aromatic heterocycles. The standard InChI is InChI=1S/C16H17N3O2/c1-11-2-4-12(5-3-11)8-16(6-7-16)19-15(21)13-9-18-14(20)10-17-13/h2-5,9-10H,6-8H2,1H3,(H,18,20)(H,19,21). The second kappa shape index (κ2) is 5.16. The molecule has 0 bridgehead atoms. The van der Waals surface area contributed by atoms with Crippen molar-refractivity contribution in [2.45, 2.75) is 31.7 Å². The Kier molecular flexibility index (Phi) is 3.33. The van der Waals surface area contributed by atoms with E-state index in [9.17, 15) is 9.59 Å². The van der Waals surface area contributed by atoms with Gasteiger partial charge in [0.05, 0.1) is 6.20 Å². The van der Waals surface area contributed by atoms with Crippen LogP contribution in [0.2, 0.25) is 0 Å². The molecule has 0 atom stereocenters. The zero-order valence-corrected chi connectivity index (χ0v) is 11.8. The number of carbonyl (C=O) groups is 1. The first-order chi connectivity index (χ1) is 10.1. The first kappa shape index (κ1) is 13.5. The molecule has 2 N–H and O–H groups in total. The molecule has 0 spiro atoms. The van der Waals surface area contributed by atoms with Crippen LogP contribution in [0.25, 0.3) is 0 Å². The average Bonchev–Trinajstić information content (AvgIpc) is 3.21. The van der Waals surface area contributed by atoms with E-state index in [0.29, 0.717) is 0 Å². The number of benzene rings is 1. The minimum Gasteiger partial charge on any atom is -0.345 e. The fraction of sp³-hybridized carbons (Fsp3) is 0.312. The average molecular weight is 283 g/mol. The van der Waals surface area contributed by atoms with Gasteiger partial charge in [0.2, 0.25) is 0 Å². The Bertz CT molecular complexity index is 695. The molecule has 1 aliphatic rings. The first-order valence-corrected chi connectivity index (χ1v) is 6.99. The van der Waals surface area contributed by atoms with Gasteiger partial charge in [0, 0.05) is 11.7 Å². The molecule has 1 fully saturated rings. The maximum atomic E-state index is 12.2. The van der Waals surface area contributed by atoms with Crippen molar-refractivity contribution in [1.82, 2.24) is 15.3 Å². The number of nitrogens with zero attached hydrogens (tertiary/aromatic N) is 1. The van der Waals surface area contributed by atoms with E-state index in [1.54, 1.807) is 0 Å². The maximum Gasteiger partial charge on any atom is 0.271 e. The number of aromatic amines is 1. The van der Waals surface area contributed by atoms with E-state index in [1.807, 2.05) is 0 Å². The molecule has 21 heavy (non-hydrogen) atoms. The molecule has 5 heteroatoms. The van der Waals surface area contributed by atoms with Crippen molar-refractivity contribution >= 4 is 5.91 Å². The number of hydrogen-bond donors (Lipinski definition) is 2. The highest BCUT2D eigenvalue weighted by molar-refractivity contribution is 5.92. The van der Waals surface area contributed by atoms with Gasteiger partial charge >= 0.3 is 0 Å². The molecule has 1 heterocycles. The van der Waals surface area contributed by atoms with E-state index >= 15 is 0 Å². The predicted molar refractivity (Wildman–Crippen MR) is 79.2 cm³/mol. The summed E-state index contributed by atoms with van der Waals surface area (Å²) in [7, 11) is 0. The normalized spacial score (nSPS) is 15.5. The summed E-state index contributed by atoms with van der Waals surface area (Å²) in [5, 5.41) is 3.04. The molecule has 108 valence electrons. The number of rotatable bonds is 4. The topological polar surface area (TPSA) is 74.8 Å². The molecule has 1 saturated carbocycles. The second-order valence-corrected chi connectivity index (χ2v) is 5.69. The lowest BCUT2D eigenvalue weighted by Gasteiger charge is -2.17. The van der Waals surface area contributed by atoms with Crippen LogP contribution < -0.4 is 10.9 Å². The minimum atomic E-state index is -0.313. The van der Waals surface area contributed by atoms with Crippen molar-refractivity contribution in [3.05, 3.63) is 63.8 Å². The van der Waals surface area contributed by atoms with Gasteiger partial charge in [0.15, 0.2) is 0 Å². The van der Waals surface area contributed by atoms with Crippen LogP contribution in [-0.4, -0.2) is 21.4 Å². The summed E-state index contributed by atoms with van der Waals surface area (Å²) in [5.74, 6) is -0.240. The third-order valence-corrected chi connectivity index (χ3v) is 3.80. The second-order valence-electron chi connectivity index (χ2n) is 5.69. The highest BCUT2D eigenvalue weighted by Crippen LogP contribution is 2.38. The van der Waals surface area contributed by atoms with E-state index in [0.717, 1.165) is 25.5 Å². The number of aromatic nitrogens is 2. The van der Waals surface area contributed by atoms with Crippen molar-refractivity contribution in [2.75, 3.05) is 0 Å². The monoisotopic (exact) mass is 283 g/mol. The van der Waals surface area contributed by atoms with Crippen molar-refractivity contribution in [3.8, 4) is 0 Å². The Hall–Kier alpha value is -2.43. The molecule has 5 nitrogen and oxygen atoms in total. The molecule has 3 rings (SSSR count). The van der Waals surface area contributed by atoms with Gasteiger partial charge in [-0.05, 0) is 31.7 Å². The zero-order valence-electron chi connectivity index (χ0n) is 11.8. The summed E-state index contributed by atoms with van der Waals surface area (Å²) >= 11 is 0. The quantitative estimate of drug-likeness (QED) is 0.894. The molecule has 1 aliphatic carbocycles. The number of carbonyl (C=O) groups excluding carboxylic acids is 1. The third-order valence-electron chi connectivity index (χ3n) is 3.80. The lowest BCUT2D eigenvalue weighted by atomic mass is 10.0. The van der Waals surface area contributed by atoms with Crippen LogP contribution in [0.3, 0.4) is 0 Å². The predicted octanol–water partition coefficient (Wildman–Crippen LogP) is 1.58. The molecule has 1 amide bonds. The van der Waals surface area contributed by atoms with Gasteiger partial charge in [0.1, 0.15) is 5.69 Å². The fourth-order valence-corrected chi connectivity index (χ4v) is 2.36. The Labute approximate surface area is 122 Å². The Morgan fingerprint density at radius 2 is 2.05 bits per heavy atom. The SMILES string of the molecule is Cc1ccc(CC2(NC(=O)c3c[nH]c(=O)cn3)CC2)cc1. The van der Waals surface area contributed by atoms with Crippen molar-refractivity contribution in [3.63, 3.8) is 0 Å². The van der Waals surface area contributed by atoms with E-state index in [1.165, 1.54) is 17.3 Å². The van der Waals surface area contributed by atoms with Crippen molar-refractivity contribution < 1.29 is 4.79 Å². The van der Waals surface area contributed by atoms with Crippen LogP contribution in [-0.2, 0) is 6.42 Å². The van der Waals surface area contributed by atoms with Crippen LogP contribution in [0.15, 0.2) is 41.5 Å². The Balaban J connectivity index is 1.69. The van der Waals surface area contributed by atoms with Gasteiger partial charge in [-0.1, -0.05) is 29.8 Å². The lowest BCUT2D eigenvalue weighted by molar-refractivity contribution is 0.0926. The van der Waals surface area contributed by atoms with Crippen LogP contribution in [0.4, 0.5) is 0 Å². The van der Waals surface area contributed by atoms with Gasteiger partial charge in [-0.25, -0.2) is 4.98 Å². The van der Waals surface area contributed by atoms with Crippen molar-refractivity contribution in [2.24, 2.45) is 0 Å². The Morgan fingerprint density at radius 1 is 1.33 bits per heavy atom. The zero-order chi connectivity index (χ0) is 14.9. The summed E-state index contributed by atoms with van der Waals surface area (Å²) in [4.78, 5) is 29.4. The number of amides is 1. The van der Waals surface area contributed by atoms with E-state index in [2.05, 4.69) is 46.5 Å². The number of hydrogen-bond acceptors (Lipinski definition) is 3. The van der Waals surface area contributed by atoms with Gasteiger partial charge in [-0.3, -0.25) is 9.59 Å². The van der Waals surface area contributed by atoms with Crippen molar-refractivity contribution in [1.29, 1.82) is 0 Å². The van der Waals surface area contributed by atoms with E-state index in [4.69, 9.17) is 0 Å². The largest absolute Gasteiger partial charge is 0.345 e. The molecule has 0 aliphatic heterocycles. The molecule has 0 radical (unpaired) electrons. The molecule has 2 aromatic rings. The first-order valence-electron chi connectivity index (χ1n) is 6.99. The summed E-state index contributed by atoms with van der Waals surface area (Å²) in [6.07, 6.45) is 5.22. The molecule has 0 saturated heterocycles. The smallest absolute Gasteiger partial charge is 0.271 e. The highest BCUT2D eigenvalue weighted by Gasteiger charge is 2.44. The van der Waals surface area contributed by atoms with Crippen LogP contribution in [0.5, 0.6) is 0 Å². The molecule has 0 unspecified atom stereocenters. The summed E-state index contributed by atoms with van der Waals surface area (Å²) in [6.45, 7) is 2.06. The van der Waals surface area contributed by atoms with Gasteiger partial charge in [-0.15, -0.1) is 0 Å².